The average molecular weight is 410 g/mol. The maximum atomic E-state index is 9.96. The maximum absolute atomic E-state index is 9.96. The number of para-hydroxylation sites is 2. The van der Waals surface area contributed by atoms with Crippen LogP contribution >= 0.6 is 11.3 Å². The Hall–Kier alpha value is -4.22. The van der Waals surface area contributed by atoms with Gasteiger partial charge in [-0.25, -0.2) is 4.68 Å². The molecule has 8 heteroatoms. The van der Waals surface area contributed by atoms with Gasteiger partial charge < -0.3 is 9.73 Å². The van der Waals surface area contributed by atoms with E-state index in [9.17, 15) is 5.26 Å². The van der Waals surface area contributed by atoms with E-state index in [-0.39, 0.29) is 0 Å². The van der Waals surface area contributed by atoms with Crippen molar-refractivity contribution in [1.82, 2.24) is 20.0 Å². The van der Waals surface area contributed by atoms with Crippen LogP contribution in [0.3, 0.4) is 0 Å². The highest BCUT2D eigenvalue weighted by atomic mass is 32.1. The number of aromatic nitrogens is 4. The van der Waals surface area contributed by atoms with Gasteiger partial charge in [-0.15, -0.1) is 10.2 Å². The number of hydrogen-bond donors (Lipinski definition) is 1. The molecule has 0 saturated carbocycles. The molecule has 0 radical (unpaired) electrons. The minimum Gasteiger partial charge on any atom is -0.463 e. The molecule has 30 heavy (non-hydrogen) atoms. The number of benzene rings is 2. The third-order valence-corrected chi connectivity index (χ3v) is 5.25. The molecule has 0 fully saturated rings. The highest BCUT2D eigenvalue weighted by molar-refractivity contribution is 7.18. The molecule has 144 valence electrons. The van der Waals surface area contributed by atoms with E-state index in [2.05, 4.69) is 21.6 Å². The highest BCUT2D eigenvalue weighted by Gasteiger charge is 2.25. The van der Waals surface area contributed by atoms with E-state index in [0.29, 0.717) is 32.9 Å². The predicted octanol–water partition coefficient (Wildman–Crippen LogP) is 5.27. The van der Waals surface area contributed by atoms with Gasteiger partial charge in [0.2, 0.25) is 5.13 Å². The predicted molar refractivity (Wildman–Crippen MR) is 115 cm³/mol. The zero-order valence-corrected chi connectivity index (χ0v) is 16.4. The summed E-state index contributed by atoms with van der Waals surface area (Å²) in [7, 11) is 0. The molecule has 5 rings (SSSR count). The molecular formula is C22H14N6OS. The topological polar surface area (TPSA) is 92.6 Å². The molecule has 1 N–H and O–H groups in total. The zero-order chi connectivity index (χ0) is 20.3. The summed E-state index contributed by atoms with van der Waals surface area (Å²) in [5.41, 5.74) is 3.16. The average Bonchev–Trinajstić information content (AvgIpc) is 3.54. The van der Waals surface area contributed by atoms with E-state index in [0.717, 1.165) is 11.4 Å². The van der Waals surface area contributed by atoms with Crippen LogP contribution < -0.4 is 5.32 Å². The lowest BCUT2D eigenvalue weighted by Crippen LogP contribution is -1.98. The van der Waals surface area contributed by atoms with Crippen molar-refractivity contribution in [3.8, 4) is 33.9 Å². The molecule has 0 spiro atoms. The lowest BCUT2D eigenvalue weighted by Gasteiger charge is -2.05. The Morgan fingerprint density at radius 3 is 2.40 bits per heavy atom. The molecule has 0 amide bonds. The molecule has 0 atom stereocenters. The Balaban J connectivity index is 1.62. The summed E-state index contributed by atoms with van der Waals surface area (Å²) in [6.07, 6.45) is 1.57. The minimum absolute atomic E-state index is 0.385. The van der Waals surface area contributed by atoms with Crippen LogP contribution in [0.15, 0.2) is 83.5 Å². The summed E-state index contributed by atoms with van der Waals surface area (Å²) < 4.78 is 7.31. The van der Waals surface area contributed by atoms with Crippen molar-refractivity contribution in [2.45, 2.75) is 0 Å². The summed E-state index contributed by atoms with van der Waals surface area (Å²) in [5, 5.41) is 27.5. The number of nitrogens with zero attached hydrogens (tertiary/aromatic N) is 5. The number of rotatable bonds is 5. The second-order valence-corrected chi connectivity index (χ2v) is 7.29. The number of nitrogens with one attached hydrogen (secondary N) is 1. The van der Waals surface area contributed by atoms with Gasteiger partial charge in [0.05, 0.1) is 12.0 Å². The number of nitriles is 1. The standard InChI is InChI=1S/C22H14N6OS/c23-14-17-19(21-25-26-22(30-21)24-15-8-3-1-4-9-15)27-28(16-10-5-2-6-11-16)20(17)18-12-7-13-29-18/h1-13H,(H,24,26). The van der Waals surface area contributed by atoms with E-state index >= 15 is 0 Å². The summed E-state index contributed by atoms with van der Waals surface area (Å²) in [4.78, 5) is 0. The second kappa shape index (κ2) is 7.66. The van der Waals surface area contributed by atoms with E-state index in [1.807, 2.05) is 66.7 Å². The molecule has 2 aromatic carbocycles. The molecule has 3 heterocycles. The Bertz CT molecular complexity index is 1320. The van der Waals surface area contributed by atoms with Crippen LogP contribution in [0, 0.1) is 11.3 Å². The van der Waals surface area contributed by atoms with Gasteiger partial charge in [0.1, 0.15) is 23.0 Å². The first-order valence-corrected chi connectivity index (χ1v) is 9.93. The Morgan fingerprint density at radius 2 is 1.70 bits per heavy atom. The molecule has 0 bridgehead atoms. The monoisotopic (exact) mass is 410 g/mol. The molecular weight excluding hydrogens is 396 g/mol. The van der Waals surface area contributed by atoms with E-state index in [4.69, 9.17) is 9.52 Å². The van der Waals surface area contributed by atoms with E-state index in [1.165, 1.54) is 11.3 Å². The van der Waals surface area contributed by atoms with Crippen LogP contribution in [0.2, 0.25) is 0 Å². The van der Waals surface area contributed by atoms with Gasteiger partial charge in [-0.2, -0.15) is 10.4 Å². The molecule has 3 aromatic heterocycles. The third kappa shape index (κ3) is 3.23. The Kier molecular flexibility index (Phi) is 4.56. The lowest BCUT2D eigenvalue weighted by molar-refractivity contribution is 0.576. The van der Waals surface area contributed by atoms with Gasteiger partial charge >= 0.3 is 0 Å². The normalized spacial score (nSPS) is 10.6. The molecule has 0 saturated heterocycles. The summed E-state index contributed by atoms with van der Waals surface area (Å²) >= 11 is 1.33. The molecule has 0 unspecified atom stereocenters. The van der Waals surface area contributed by atoms with Gasteiger partial charge in [-0.3, -0.25) is 0 Å². The number of anilines is 2. The first-order valence-electron chi connectivity index (χ1n) is 9.12. The van der Waals surface area contributed by atoms with Gasteiger partial charge in [0, 0.05) is 5.69 Å². The minimum atomic E-state index is 0.385. The second-order valence-electron chi connectivity index (χ2n) is 6.31. The van der Waals surface area contributed by atoms with Crippen molar-refractivity contribution in [1.29, 1.82) is 5.26 Å². The van der Waals surface area contributed by atoms with Crippen LogP contribution in [0.25, 0.3) is 27.8 Å². The first kappa shape index (κ1) is 17.8. The van der Waals surface area contributed by atoms with E-state index < -0.39 is 0 Å². The molecule has 7 nitrogen and oxygen atoms in total. The van der Waals surface area contributed by atoms with E-state index in [1.54, 1.807) is 17.0 Å². The van der Waals surface area contributed by atoms with Crippen molar-refractivity contribution >= 4 is 22.2 Å². The molecule has 0 aliphatic carbocycles. The quantitative estimate of drug-likeness (QED) is 0.424. The molecule has 5 aromatic rings. The van der Waals surface area contributed by atoms with Crippen LogP contribution in [0.1, 0.15) is 5.56 Å². The van der Waals surface area contributed by atoms with Crippen LogP contribution in [0.4, 0.5) is 10.8 Å². The fourth-order valence-corrected chi connectivity index (χ4v) is 3.84. The Morgan fingerprint density at radius 1 is 0.933 bits per heavy atom. The molecule has 0 aliphatic rings. The van der Waals surface area contributed by atoms with Crippen molar-refractivity contribution in [2.24, 2.45) is 0 Å². The van der Waals surface area contributed by atoms with Gasteiger partial charge in [0.25, 0.3) is 0 Å². The van der Waals surface area contributed by atoms with Crippen molar-refractivity contribution in [2.75, 3.05) is 5.32 Å². The number of hydrogen-bond acceptors (Lipinski definition) is 7. The fourth-order valence-electron chi connectivity index (χ4n) is 3.08. The smallest absolute Gasteiger partial charge is 0.210 e. The zero-order valence-electron chi connectivity index (χ0n) is 15.6. The SMILES string of the molecule is N#Cc1c(-c2nnc(Nc3ccccc3)s2)nn(-c2ccccc2)c1-c1ccco1. The van der Waals surface area contributed by atoms with Gasteiger partial charge in [-0.1, -0.05) is 47.7 Å². The van der Waals surface area contributed by atoms with Crippen molar-refractivity contribution < 1.29 is 4.42 Å². The van der Waals surface area contributed by atoms with Crippen LogP contribution in [0.5, 0.6) is 0 Å². The third-order valence-electron chi connectivity index (χ3n) is 4.41. The van der Waals surface area contributed by atoms with Gasteiger partial charge in [-0.05, 0) is 36.4 Å². The first-order chi connectivity index (χ1) is 14.8. The number of furan rings is 1. The Labute approximate surface area is 175 Å². The van der Waals surface area contributed by atoms with Crippen molar-refractivity contribution in [3.05, 3.63) is 84.6 Å². The summed E-state index contributed by atoms with van der Waals surface area (Å²) in [6.45, 7) is 0. The molecule has 0 aliphatic heterocycles. The van der Waals surface area contributed by atoms with Crippen molar-refractivity contribution in [3.63, 3.8) is 0 Å². The fraction of sp³-hybridized carbons (Fsp3) is 0. The highest BCUT2D eigenvalue weighted by Crippen LogP contribution is 2.36. The van der Waals surface area contributed by atoms with Gasteiger partial charge in [0.15, 0.2) is 10.8 Å². The van der Waals surface area contributed by atoms with Crippen LogP contribution in [-0.4, -0.2) is 20.0 Å². The lowest BCUT2D eigenvalue weighted by atomic mass is 10.1. The largest absolute Gasteiger partial charge is 0.463 e. The maximum Gasteiger partial charge on any atom is 0.210 e. The summed E-state index contributed by atoms with van der Waals surface area (Å²) in [5.74, 6) is 0.557. The van der Waals surface area contributed by atoms with Crippen LogP contribution in [-0.2, 0) is 0 Å². The summed E-state index contributed by atoms with van der Waals surface area (Å²) in [6, 6.07) is 25.2.